The highest BCUT2D eigenvalue weighted by Crippen LogP contribution is 2.23. The minimum Gasteiger partial charge on any atom is -0.350 e. The SMILES string of the molecule is O=C(NCc1csc(-c2ccccc2)n1)C1CCN(C(=O)NCCc2ccccc2)CC1. The van der Waals surface area contributed by atoms with Gasteiger partial charge in [0.2, 0.25) is 5.91 Å². The standard InChI is InChI=1S/C25H28N4O2S/c30-23(27-17-22-18-32-24(28-22)21-9-5-2-6-10-21)20-12-15-29(16-13-20)25(31)26-14-11-19-7-3-1-4-8-19/h1-10,18,20H,11-17H2,(H,26,31)(H,27,30). The third-order valence-corrected chi connectivity index (χ3v) is 6.64. The third-order valence-electron chi connectivity index (χ3n) is 5.70. The number of benzene rings is 2. The van der Waals surface area contributed by atoms with Crippen LogP contribution < -0.4 is 10.6 Å². The fourth-order valence-corrected chi connectivity index (χ4v) is 4.66. The molecule has 3 amide bonds. The van der Waals surface area contributed by atoms with Crippen molar-refractivity contribution in [3.05, 3.63) is 77.3 Å². The van der Waals surface area contributed by atoms with Crippen molar-refractivity contribution in [2.24, 2.45) is 5.92 Å². The number of urea groups is 1. The summed E-state index contributed by atoms with van der Waals surface area (Å²) in [5, 5.41) is 8.95. The molecule has 2 heterocycles. The van der Waals surface area contributed by atoms with Crippen molar-refractivity contribution in [3.8, 4) is 10.6 Å². The molecule has 0 unspecified atom stereocenters. The molecular formula is C25H28N4O2S. The Bertz CT molecular complexity index is 1010. The molecule has 0 bridgehead atoms. The Labute approximate surface area is 192 Å². The van der Waals surface area contributed by atoms with Gasteiger partial charge in [-0.3, -0.25) is 4.79 Å². The molecular weight excluding hydrogens is 420 g/mol. The second kappa shape index (κ2) is 10.9. The number of carbonyl (C=O) groups is 2. The van der Waals surface area contributed by atoms with Crippen molar-refractivity contribution >= 4 is 23.3 Å². The first-order valence-corrected chi connectivity index (χ1v) is 11.9. The van der Waals surface area contributed by atoms with E-state index in [-0.39, 0.29) is 17.9 Å². The van der Waals surface area contributed by atoms with Gasteiger partial charge in [-0.25, -0.2) is 9.78 Å². The minimum atomic E-state index is -0.0596. The van der Waals surface area contributed by atoms with Gasteiger partial charge in [0.05, 0.1) is 12.2 Å². The first-order valence-electron chi connectivity index (χ1n) is 11.0. The van der Waals surface area contributed by atoms with Crippen LogP contribution in [0.25, 0.3) is 10.6 Å². The van der Waals surface area contributed by atoms with Gasteiger partial charge in [0.1, 0.15) is 5.01 Å². The Morgan fingerprint density at radius 2 is 1.66 bits per heavy atom. The summed E-state index contributed by atoms with van der Waals surface area (Å²) in [5.74, 6) is -0.0148. The summed E-state index contributed by atoms with van der Waals surface area (Å²) < 4.78 is 0. The van der Waals surface area contributed by atoms with Gasteiger partial charge < -0.3 is 15.5 Å². The summed E-state index contributed by atoms with van der Waals surface area (Å²) in [7, 11) is 0. The molecule has 32 heavy (non-hydrogen) atoms. The molecule has 166 valence electrons. The van der Waals surface area contributed by atoms with E-state index in [2.05, 4.69) is 27.8 Å². The summed E-state index contributed by atoms with van der Waals surface area (Å²) in [6.07, 6.45) is 2.18. The molecule has 1 saturated heterocycles. The van der Waals surface area contributed by atoms with E-state index in [4.69, 9.17) is 0 Å². The van der Waals surface area contributed by atoms with Crippen molar-refractivity contribution in [2.75, 3.05) is 19.6 Å². The van der Waals surface area contributed by atoms with E-state index in [1.807, 2.05) is 53.9 Å². The van der Waals surface area contributed by atoms with E-state index in [0.717, 1.165) is 22.7 Å². The molecule has 1 aliphatic rings. The van der Waals surface area contributed by atoms with Gasteiger partial charge >= 0.3 is 6.03 Å². The molecule has 1 aliphatic heterocycles. The highest BCUT2D eigenvalue weighted by Gasteiger charge is 2.27. The van der Waals surface area contributed by atoms with Gasteiger partial charge in [0.15, 0.2) is 0 Å². The van der Waals surface area contributed by atoms with Crippen molar-refractivity contribution in [1.82, 2.24) is 20.5 Å². The van der Waals surface area contributed by atoms with Crippen LogP contribution in [0.2, 0.25) is 0 Å². The number of hydrogen-bond acceptors (Lipinski definition) is 4. The van der Waals surface area contributed by atoms with Crippen LogP contribution in [0.1, 0.15) is 24.1 Å². The lowest BCUT2D eigenvalue weighted by Gasteiger charge is -2.31. The quantitative estimate of drug-likeness (QED) is 0.572. The maximum atomic E-state index is 12.6. The van der Waals surface area contributed by atoms with Crippen molar-refractivity contribution < 1.29 is 9.59 Å². The second-order valence-corrected chi connectivity index (χ2v) is 8.81. The Balaban J connectivity index is 1.17. The van der Waals surface area contributed by atoms with E-state index in [1.165, 1.54) is 5.56 Å². The first-order chi connectivity index (χ1) is 15.7. The average Bonchev–Trinajstić information content (AvgIpc) is 3.33. The van der Waals surface area contributed by atoms with E-state index in [1.54, 1.807) is 16.2 Å². The number of nitrogens with zero attached hydrogens (tertiary/aromatic N) is 2. The second-order valence-electron chi connectivity index (χ2n) is 7.96. The fraction of sp³-hybridized carbons (Fsp3) is 0.320. The molecule has 1 fully saturated rings. The van der Waals surface area contributed by atoms with Gasteiger partial charge in [-0.05, 0) is 24.8 Å². The van der Waals surface area contributed by atoms with Gasteiger partial charge in [0, 0.05) is 36.5 Å². The zero-order chi connectivity index (χ0) is 22.2. The van der Waals surface area contributed by atoms with Crippen LogP contribution in [0, 0.1) is 5.92 Å². The molecule has 2 N–H and O–H groups in total. The Hall–Kier alpha value is -3.19. The van der Waals surface area contributed by atoms with E-state index >= 15 is 0 Å². The maximum Gasteiger partial charge on any atom is 0.317 e. The number of likely N-dealkylation sites (tertiary alicyclic amines) is 1. The zero-order valence-electron chi connectivity index (χ0n) is 18.0. The number of nitrogens with one attached hydrogen (secondary N) is 2. The lowest BCUT2D eigenvalue weighted by atomic mass is 9.96. The summed E-state index contributed by atoms with van der Waals surface area (Å²) in [4.78, 5) is 31.4. The number of aromatic nitrogens is 1. The van der Waals surface area contributed by atoms with Gasteiger partial charge in [-0.15, -0.1) is 11.3 Å². The van der Waals surface area contributed by atoms with Crippen LogP contribution in [-0.4, -0.2) is 41.5 Å². The average molecular weight is 449 g/mol. The van der Waals surface area contributed by atoms with Gasteiger partial charge in [0.25, 0.3) is 0 Å². The predicted molar refractivity (Wildman–Crippen MR) is 127 cm³/mol. The number of hydrogen-bond donors (Lipinski definition) is 2. The molecule has 0 saturated carbocycles. The van der Waals surface area contributed by atoms with Crippen molar-refractivity contribution in [1.29, 1.82) is 0 Å². The molecule has 2 aromatic carbocycles. The smallest absolute Gasteiger partial charge is 0.317 e. The molecule has 0 radical (unpaired) electrons. The van der Waals surface area contributed by atoms with Crippen LogP contribution in [0.3, 0.4) is 0 Å². The summed E-state index contributed by atoms with van der Waals surface area (Å²) in [6, 6.07) is 20.1. The lowest BCUT2D eigenvalue weighted by molar-refractivity contribution is -0.126. The van der Waals surface area contributed by atoms with Crippen LogP contribution >= 0.6 is 11.3 Å². The largest absolute Gasteiger partial charge is 0.350 e. The zero-order valence-corrected chi connectivity index (χ0v) is 18.8. The van der Waals surface area contributed by atoms with Crippen LogP contribution in [0.4, 0.5) is 4.79 Å². The molecule has 1 aromatic heterocycles. The highest BCUT2D eigenvalue weighted by atomic mass is 32.1. The summed E-state index contributed by atoms with van der Waals surface area (Å²) >= 11 is 1.58. The van der Waals surface area contributed by atoms with E-state index < -0.39 is 0 Å². The topological polar surface area (TPSA) is 74.3 Å². The highest BCUT2D eigenvalue weighted by molar-refractivity contribution is 7.13. The molecule has 6 nitrogen and oxygen atoms in total. The monoisotopic (exact) mass is 448 g/mol. The van der Waals surface area contributed by atoms with Crippen LogP contribution in [0.15, 0.2) is 66.0 Å². The number of piperidine rings is 1. The summed E-state index contributed by atoms with van der Waals surface area (Å²) in [6.45, 7) is 2.25. The number of thiazole rings is 1. The van der Waals surface area contributed by atoms with Gasteiger partial charge in [-0.1, -0.05) is 60.7 Å². The molecule has 0 atom stereocenters. The number of amides is 3. The maximum absolute atomic E-state index is 12.6. The number of rotatable bonds is 7. The summed E-state index contributed by atoms with van der Waals surface area (Å²) in [5.41, 5.74) is 3.17. The molecule has 4 rings (SSSR count). The molecule has 3 aromatic rings. The number of carbonyl (C=O) groups excluding carboxylic acids is 2. The molecule has 0 aliphatic carbocycles. The molecule has 7 heteroatoms. The van der Waals surface area contributed by atoms with Crippen LogP contribution in [0.5, 0.6) is 0 Å². The molecule has 0 spiro atoms. The van der Waals surface area contributed by atoms with E-state index in [9.17, 15) is 9.59 Å². The Kier molecular flexibility index (Phi) is 7.51. The van der Waals surface area contributed by atoms with Gasteiger partial charge in [-0.2, -0.15) is 0 Å². The normalized spacial score (nSPS) is 14.2. The van der Waals surface area contributed by atoms with E-state index in [0.29, 0.717) is 39.0 Å². The third kappa shape index (κ3) is 5.95. The fourth-order valence-electron chi connectivity index (χ4n) is 3.84. The minimum absolute atomic E-state index is 0.0448. The first kappa shape index (κ1) is 22.0. The van der Waals surface area contributed by atoms with Crippen LogP contribution in [-0.2, 0) is 17.8 Å². The van der Waals surface area contributed by atoms with Crippen molar-refractivity contribution in [2.45, 2.75) is 25.8 Å². The Morgan fingerprint density at radius 1 is 0.969 bits per heavy atom. The van der Waals surface area contributed by atoms with Crippen molar-refractivity contribution in [3.63, 3.8) is 0 Å². The Morgan fingerprint density at radius 3 is 2.38 bits per heavy atom. The predicted octanol–water partition coefficient (Wildman–Crippen LogP) is 4.09. The lowest BCUT2D eigenvalue weighted by Crippen LogP contribution is -2.47.